The number of carbonyl (C=O) groups is 1. The summed E-state index contributed by atoms with van der Waals surface area (Å²) in [4.78, 5) is 21.5. The second-order valence-electron chi connectivity index (χ2n) is 2.30. The highest BCUT2D eigenvalue weighted by Gasteiger charge is 2.11. The van der Waals surface area contributed by atoms with Crippen LogP contribution in [0.4, 0.5) is 0 Å². The molecule has 1 unspecified atom stereocenters. The topological polar surface area (TPSA) is 78.5 Å². The quantitative estimate of drug-likeness (QED) is 0.610. The minimum Gasteiger partial charge on any atom is -0.778 e. The third kappa shape index (κ3) is 5.29. The number of amides is 1. The van der Waals surface area contributed by atoms with Gasteiger partial charge in [0, 0.05) is 13.7 Å². The van der Waals surface area contributed by atoms with Gasteiger partial charge in [-0.2, -0.15) is 0 Å². The molecule has 0 aromatic rings. The van der Waals surface area contributed by atoms with Crippen molar-refractivity contribution in [3.05, 3.63) is 0 Å². The molecule has 6 heteroatoms. The molecule has 0 aliphatic rings. The van der Waals surface area contributed by atoms with Gasteiger partial charge in [0.25, 0.3) is 0 Å². The molecule has 0 saturated carbocycles. The molecule has 1 N–H and O–H groups in total. The van der Waals surface area contributed by atoms with Crippen molar-refractivity contribution in [2.45, 2.75) is 13.3 Å². The van der Waals surface area contributed by atoms with E-state index in [1.54, 1.807) is 0 Å². The van der Waals surface area contributed by atoms with Gasteiger partial charge in [-0.25, -0.2) is 0 Å². The Hall–Kier alpha value is -0.380. The van der Waals surface area contributed by atoms with E-state index >= 15 is 0 Å². The van der Waals surface area contributed by atoms with Crippen LogP contribution < -0.4 is 10.2 Å². The molecule has 0 radical (unpaired) electrons. The zero-order valence-corrected chi connectivity index (χ0v) is 8.10. The Morgan fingerprint density at radius 3 is 2.67 bits per heavy atom. The molecule has 0 aromatic heterocycles. The third-order valence-electron chi connectivity index (χ3n) is 1.19. The van der Waals surface area contributed by atoms with Crippen molar-refractivity contribution in [3.63, 3.8) is 0 Å². The normalized spacial score (nSPS) is 15.2. The summed E-state index contributed by atoms with van der Waals surface area (Å²) in [6, 6.07) is 0. The van der Waals surface area contributed by atoms with Crippen molar-refractivity contribution in [2.75, 3.05) is 19.8 Å². The number of carbonyl (C=O) groups excluding carboxylic acids is 1. The Balaban J connectivity index is 3.76. The van der Waals surface area contributed by atoms with Crippen molar-refractivity contribution in [3.8, 4) is 0 Å². The molecule has 0 spiro atoms. The molecule has 0 bridgehead atoms. The summed E-state index contributed by atoms with van der Waals surface area (Å²) in [5, 5.41) is 2.43. The van der Waals surface area contributed by atoms with Gasteiger partial charge in [-0.15, -0.1) is 0 Å². The smallest absolute Gasteiger partial charge is 0.228 e. The van der Waals surface area contributed by atoms with Crippen LogP contribution in [-0.4, -0.2) is 25.7 Å². The molecule has 0 heterocycles. The van der Waals surface area contributed by atoms with Gasteiger partial charge in [-0.3, -0.25) is 4.79 Å². The minimum atomic E-state index is -3.93. The van der Waals surface area contributed by atoms with Crippen LogP contribution >= 0.6 is 7.60 Å². The summed E-state index contributed by atoms with van der Waals surface area (Å²) in [7, 11) is -2.89. The van der Waals surface area contributed by atoms with Crippen molar-refractivity contribution >= 4 is 13.5 Å². The zero-order valence-electron chi connectivity index (χ0n) is 7.20. The summed E-state index contributed by atoms with van der Waals surface area (Å²) in [5.74, 6) is -0.517. The van der Waals surface area contributed by atoms with Crippen molar-refractivity contribution in [2.24, 2.45) is 0 Å². The van der Waals surface area contributed by atoms with Crippen LogP contribution in [0.3, 0.4) is 0 Å². The number of nitrogens with one attached hydrogen (secondary N) is 1. The van der Waals surface area contributed by atoms with Crippen LogP contribution in [0.1, 0.15) is 13.3 Å². The lowest BCUT2D eigenvalue weighted by Crippen LogP contribution is -2.29. The first-order valence-corrected chi connectivity index (χ1v) is 5.37. The van der Waals surface area contributed by atoms with Crippen LogP contribution in [0.5, 0.6) is 0 Å². The fourth-order valence-electron chi connectivity index (χ4n) is 0.561. The average Bonchev–Trinajstić information content (AvgIpc) is 2.00. The molecule has 1 amide bonds. The van der Waals surface area contributed by atoms with E-state index in [2.05, 4.69) is 9.84 Å². The van der Waals surface area contributed by atoms with Gasteiger partial charge in [0.05, 0.1) is 6.16 Å². The van der Waals surface area contributed by atoms with Gasteiger partial charge < -0.3 is 19.3 Å². The molecule has 0 fully saturated rings. The summed E-state index contributed by atoms with van der Waals surface area (Å²) < 4.78 is 14.8. The fourth-order valence-corrected chi connectivity index (χ4v) is 1.15. The van der Waals surface area contributed by atoms with Crippen LogP contribution in [0, 0.1) is 0 Å². The Kier molecular flexibility index (Phi) is 5.13. The standard InChI is InChI=1S/C6H14NO4P/c1-3-4-7-6(8)5-12(9,10)11-2/h3-5H2,1-2H3,(H,7,8)(H,9,10)/p-1. The highest BCUT2D eigenvalue weighted by molar-refractivity contribution is 7.52. The van der Waals surface area contributed by atoms with E-state index in [9.17, 15) is 14.3 Å². The van der Waals surface area contributed by atoms with E-state index in [4.69, 9.17) is 0 Å². The maximum Gasteiger partial charge on any atom is 0.228 e. The lowest BCUT2D eigenvalue weighted by Gasteiger charge is -2.19. The molecule has 0 aliphatic carbocycles. The van der Waals surface area contributed by atoms with E-state index in [0.29, 0.717) is 6.54 Å². The Labute approximate surface area is 71.6 Å². The maximum absolute atomic E-state index is 10.8. The summed E-state index contributed by atoms with van der Waals surface area (Å²) in [6.45, 7) is 2.37. The highest BCUT2D eigenvalue weighted by atomic mass is 31.2. The van der Waals surface area contributed by atoms with E-state index < -0.39 is 19.7 Å². The second-order valence-corrected chi connectivity index (χ2v) is 4.20. The van der Waals surface area contributed by atoms with Crippen LogP contribution in [0.2, 0.25) is 0 Å². The first kappa shape index (κ1) is 11.6. The monoisotopic (exact) mass is 194 g/mol. The molecule has 72 valence electrons. The lowest BCUT2D eigenvalue weighted by atomic mass is 10.5. The Morgan fingerprint density at radius 1 is 1.67 bits per heavy atom. The molecule has 5 nitrogen and oxygen atoms in total. The Morgan fingerprint density at radius 2 is 2.25 bits per heavy atom. The van der Waals surface area contributed by atoms with Crippen molar-refractivity contribution in [1.82, 2.24) is 5.32 Å². The summed E-state index contributed by atoms with van der Waals surface area (Å²) in [5.41, 5.74) is 0. The first-order chi connectivity index (χ1) is 5.52. The van der Waals surface area contributed by atoms with E-state index in [1.807, 2.05) is 6.92 Å². The van der Waals surface area contributed by atoms with Crippen LogP contribution in [0.25, 0.3) is 0 Å². The fraction of sp³-hybridized carbons (Fsp3) is 0.833. The highest BCUT2D eigenvalue weighted by Crippen LogP contribution is 2.34. The maximum atomic E-state index is 10.8. The van der Waals surface area contributed by atoms with Gasteiger partial charge >= 0.3 is 0 Å². The summed E-state index contributed by atoms with van der Waals surface area (Å²) >= 11 is 0. The van der Waals surface area contributed by atoms with Crippen LogP contribution in [-0.2, 0) is 13.9 Å². The number of hydrogen-bond donors (Lipinski definition) is 1. The average molecular weight is 194 g/mol. The van der Waals surface area contributed by atoms with E-state index in [-0.39, 0.29) is 0 Å². The molecule has 1 atom stereocenters. The number of hydrogen-bond acceptors (Lipinski definition) is 4. The molecular weight excluding hydrogens is 181 g/mol. The summed E-state index contributed by atoms with van der Waals surface area (Å²) in [6.07, 6.45) is 0.200. The zero-order chi connectivity index (χ0) is 9.61. The molecular formula is C6H13NO4P-. The van der Waals surface area contributed by atoms with Gasteiger partial charge in [0.15, 0.2) is 0 Å². The first-order valence-electron chi connectivity index (χ1n) is 3.64. The van der Waals surface area contributed by atoms with E-state index in [1.165, 1.54) is 0 Å². The lowest BCUT2D eigenvalue weighted by molar-refractivity contribution is -0.196. The van der Waals surface area contributed by atoms with Crippen molar-refractivity contribution in [1.29, 1.82) is 0 Å². The predicted octanol–water partition coefficient (Wildman–Crippen LogP) is -0.288. The predicted molar refractivity (Wildman–Crippen MR) is 42.8 cm³/mol. The van der Waals surface area contributed by atoms with Gasteiger partial charge in [-0.05, 0) is 6.42 Å². The van der Waals surface area contributed by atoms with Crippen molar-refractivity contribution < 1.29 is 18.8 Å². The SMILES string of the molecule is CCCNC(=O)CP(=O)([O-])OC. The molecule has 0 saturated heterocycles. The molecule has 0 aliphatic heterocycles. The van der Waals surface area contributed by atoms with Gasteiger partial charge in [-0.1, -0.05) is 6.92 Å². The molecule has 12 heavy (non-hydrogen) atoms. The third-order valence-corrected chi connectivity index (χ3v) is 2.42. The Bertz CT molecular complexity index is 194. The second kappa shape index (κ2) is 5.30. The molecule has 0 aromatic carbocycles. The molecule has 0 rings (SSSR count). The van der Waals surface area contributed by atoms with Gasteiger partial charge in [0.2, 0.25) is 5.91 Å². The minimum absolute atomic E-state index is 0.489. The van der Waals surface area contributed by atoms with Gasteiger partial charge in [0.1, 0.15) is 7.60 Å². The largest absolute Gasteiger partial charge is 0.778 e. The van der Waals surface area contributed by atoms with E-state index in [0.717, 1.165) is 13.5 Å². The number of rotatable bonds is 5. The van der Waals surface area contributed by atoms with Crippen LogP contribution in [0.15, 0.2) is 0 Å².